The number of likely N-dealkylation sites (tertiary alicyclic amines) is 1. The zero-order valence-corrected chi connectivity index (χ0v) is 16.3. The third-order valence-electron chi connectivity index (χ3n) is 5.66. The fourth-order valence-electron chi connectivity index (χ4n) is 4.08. The highest BCUT2D eigenvalue weighted by Gasteiger charge is 2.24. The lowest BCUT2D eigenvalue weighted by molar-refractivity contribution is 0.132. The van der Waals surface area contributed by atoms with Crippen molar-refractivity contribution in [2.75, 3.05) is 18.8 Å². The summed E-state index contributed by atoms with van der Waals surface area (Å²) in [7, 11) is 0. The first-order valence-corrected chi connectivity index (χ1v) is 10.3. The van der Waals surface area contributed by atoms with Gasteiger partial charge in [0, 0.05) is 18.5 Å². The number of benzene rings is 1. The number of rotatable bonds is 2. The van der Waals surface area contributed by atoms with Gasteiger partial charge in [-0.3, -0.25) is 4.79 Å². The van der Waals surface area contributed by atoms with Crippen LogP contribution in [0.5, 0.6) is 0 Å². The summed E-state index contributed by atoms with van der Waals surface area (Å²) in [6.45, 7) is 1.08. The Morgan fingerprint density at radius 2 is 2.03 bits per heavy atom. The molecule has 4 aromatic rings. The Kier molecular flexibility index (Phi) is 4.06. The fourth-order valence-corrected chi connectivity index (χ4v) is 4.88. The predicted molar refractivity (Wildman–Crippen MR) is 114 cm³/mol. The number of carbonyl (C=O) groups is 1. The van der Waals surface area contributed by atoms with E-state index in [0.717, 1.165) is 39.7 Å². The molecule has 1 aliphatic heterocycles. The maximum atomic E-state index is 12.6. The van der Waals surface area contributed by atoms with E-state index in [4.69, 9.17) is 10.8 Å². The Balaban J connectivity index is 1.51. The Morgan fingerprint density at radius 1 is 1.24 bits per heavy atom. The first-order chi connectivity index (χ1) is 14.0. The summed E-state index contributed by atoms with van der Waals surface area (Å²) in [5.41, 5.74) is 9.52. The van der Waals surface area contributed by atoms with Crippen molar-refractivity contribution < 1.29 is 9.90 Å². The molecule has 1 aliphatic rings. The number of hydrogen-bond acceptors (Lipinski definition) is 5. The number of nitrogens with zero attached hydrogens (tertiary/aromatic N) is 2. The van der Waals surface area contributed by atoms with Crippen LogP contribution >= 0.6 is 11.3 Å². The molecule has 1 saturated heterocycles. The summed E-state index contributed by atoms with van der Waals surface area (Å²) < 4.78 is 0. The Hall–Kier alpha value is -3.33. The minimum absolute atomic E-state index is 0.266. The van der Waals surface area contributed by atoms with E-state index in [1.54, 1.807) is 0 Å². The predicted octanol–water partition coefficient (Wildman–Crippen LogP) is 3.57. The highest BCUT2D eigenvalue weighted by molar-refractivity contribution is 7.16. The number of aromatic nitrogens is 3. The summed E-state index contributed by atoms with van der Waals surface area (Å²) in [6, 6.07) is 7.89. The van der Waals surface area contributed by atoms with Gasteiger partial charge in [0.2, 0.25) is 0 Å². The summed E-state index contributed by atoms with van der Waals surface area (Å²) in [6.07, 6.45) is 0.725. The number of aromatic amines is 2. The third kappa shape index (κ3) is 2.94. The van der Waals surface area contributed by atoms with Crippen LogP contribution in [-0.4, -0.2) is 44.1 Å². The first-order valence-electron chi connectivity index (χ1n) is 9.38. The minimum Gasteiger partial charge on any atom is -0.465 e. The molecule has 0 radical (unpaired) electrons. The molecule has 0 atom stereocenters. The van der Waals surface area contributed by atoms with Crippen molar-refractivity contribution in [2.45, 2.75) is 18.8 Å². The lowest BCUT2D eigenvalue weighted by Gasteiger charge is -2.30. The summed E-state index contributed by atoms with van der Waals surface area (Å²) >= 11 is 1.44. The number of nitrogen functional groups attached to an aromatic ring is 1. The highest BCUT2D eigenvalue weighted by atomic mass is 32.1. The molecule has 148 valence electrons. The van der Waals surface area contributed by atoms with Gasteiger partial charge in [0.15, 0.2) is 0 Å². The van der Waals surface area contributed by atoms with Crippen LogP contribution < -0.4 is 11.3 Å². The molecule has 1 amide bonds. The number of imidazole rings is 1. The van der Waals surface area contributed by atoms with E-state index in [2.05, 4.69) is 15.0 Å². The number of pyridine rings is 1. The van der Waals surface area contributed by atoms with E-state index >= 15 is 0 Å². The average Bonchev–Trinajstić information content (AvgIpc) is 3.34. The zero-order chi connectivity index (χ0) is 20.1. The van der Waals surface area contributed by atoms with Gasteiger partial charge in [0.25, 0.3) is 5.56 Å². The van der Waals surface area contributed by atoms with Crippen molar-refractivity contribution in [3.63, 3.8) is 0 Å². The van der Waals surface area contributed by atoms with Crippen molar-refractivity contribution in [1.82, 2.24) is 19.9 Å². The number of thiophene rings is 1. The normalized spacial score (nSPS) is 15.4. The number of anilines is 1. The zero-order valence-electron chi connectivity index (χ0n) is 15.4. The number of piperidine rings is 1. The summed E-state index contributed by atoms with van der Waals surface area (Å²) in [4.78, 5) is 36.6. The van der Waals surface area contributed by atoms with Gasteiger partial charge in [-0.25, -0.2) is 9.78 Å². The molecule has 5 N–H and O–H groups in total. The maximum absolute atomic E-state index is 12.6. The van der Waals surface area contributed by atoms with Crippen LogP contribution in [-0.2, 0) is 0 Å². The smallest absolute Gasteiger partial charge is 0.407 e. The Labute approximate surface area is 169 Å². The average molecular weight is 409 g/mol. The molecule has 0 spiro atoms. The van der Waals surface area contributed by atoms with Crippen molar-refractivity contribution in [2.24, 2.45) is 0 Å². The third-order valence-corrected chi connectivity index (χ3v) is 6.49. The number of carboxylic acid groups (broad SMARTS) is 1. The minimum atomic E-state index is -0.859. The van der Waals surface area contributed by atoms with E-state index in [1.165, 1.54) is 16.2 Å². The van der Waals surface area contributed by atoms with Crippen molar-refractivity contribution >= 4 is 44.4 Å². The SMILES string of the molecule is Nc1c(-c2nc3ccc(C4CCN(C(=O)O)CC4)cc3[nH]2)c(=O)[nH]c2sccc12. The van der Waals surface area contributed by atoms with Crippen LogP contribution in [0.1, 0.15) is 24.3 Å². The molecule has 3 aromatic heterocycles. The molecule has 0 aliphatic carbocycles. The number of fused-ring (bicyclic) bond motifs is 2. The van der Waals surface area contributed by atoms with E-state index in [-0.39, 0.29) is 5.56 Å². The van der Waals surface area contributed by atoms with Gasteiger partial charge in [-0.15, -0.1) is 11.3 Å². The number of amides is 1. The van der Waals surface area contributed by atoms with Crippen LogP contribution in [0, 0.1) is 0 Å². The van der Waals surface area contributed by atoms with Gasteiger partial charge in [0.1, 0.15) is 16.2 Å². The van der Waals surface area contributed by atoms with Gasteiger partial charge in [0.05, 0.1) is 16.7 Å². The lowest BCUT2D eigenvalue weighted by atomic mass is 9.89. The molecular weight excluding hydrogens is 390 g/mol. The van der Waals surface area contributed by atoms with Crippen LogP contribution in [0.3, 0.4) is 0 Å². The van der Waals surface area contributed by atoms with Crippen LogP contribution in [0.25, 0.3) is 32.6 Å². The van der Waals surface area contributed by atoms with Crippen molar-refractivity contribution in [3.05, 3.63) is 45.6 Å². The topological polar surface area (TPSA) is 128 Å². The molecule has 4 heterocycles. The van der Waals surface area contributed by atoms with Gasteiger partial charge < -0.3 is 25.7 Å². The second-order valence-electron chi connectivity index (χ2n) is 7.31. The molecule has 1 aromatic carbocycles. The largest absolute Gasteiger partial charge is 0.465 e. The van der Waals surface area contributed by atoms with Crippen molar-refractivity contribution in [3.8, 4) is 11.4 Å². The quantitative estimate of drug-likeness (QED) is 0.402. The first kappa shape index (κ1) is 17.7. The van der Waals surface area contributed by atoms with E-state index in [0.29, 0.717) is 36.1 Å². The van der Waals surface area contributed by atoms with Crippen LogP contribution in [0.2, 0.25) is 0 Å². The number of nitrogens with two attached hydrogens (primary N) is 1. The van der Waals surface area contributed by atoms with Gasteiger partial charge in [-0.2, -0.15) is 0 Å². The van der Waals surface area contributed by atoms with Gasteiger partial charge in [-0.05, 0) is 47.9 Å². The Morgan fingerprint density at radius 3 is 2.79 bits per heavy atom. The second kappa shape index (κ2) is 6.63. The molecule has 29 heavy (non-hydrogen) atoms. The monoisotopic (exact) mass is 409 g/mol. The van der Waals surface area contributed by atoms with Crippen LogP contribution in [0.4, 0.5) is 10.5 Å². The summed E-state index contributed by atoms with van der Waals surface area (Å²) in [5, 5.41) is 11.8. The molecular formula is C20H19N5O3S. The van der Waals surface area contributed by atoms with E-state index < -0.39 is 6.09 Å². The molecule has 0 unspecified atom stereocenters. The molecule has 1 fully saturated rings. The van der Waals surface area contributed by atoms with E-state index in [1.807, 2.05) is 29.6 Å². The molecule has 9 heteroatoms. The van der Waals surface area contributed by atoms with Crippen molar-refractivity contribution in [1.29, 1.82) is 0 Å². The van der Waals surface area contributed by atoms with Crippen LogP contribution in [0.15, 0.2) is 34.4 Å². The molecule has 0 saturated carbocycles. The standard InChI is InChI=1S/C20H19N5O3S/c21-16-12-5-8-29-19(12)24-18(26)15(16)17-22-13-2-1-11(9-14(13)23-17)10-3-6-25(7-4-10)20(27)28/h1-2,5,8-10H,3-4,6-7H2,(H,22,23)(H,27,28)(H3,21,24,26). The second-order valence-corrected chi connectivity index (χ2v) is 8.23. The summed E-state index contributed by atoms with van der Waals surface area (Å²) in [5.74, 6) is 0.752. The number of H-pyrrole nitrogens is 2. The van der Waals surface area contributed by atoms with Gasteiger partial charge in [-0.1, -0.05) is 6.07 Å². The van der Waals surface area contributed by atoms with E-state index in [9.17, 15) is 9.59 Å². The molecule has 5 rings (SSSR count). The molecule has 8 nitrogen and oxygen atoms in total. The fraction of sp³-hybridized carbons (Fsp3) is 0.250. The number of hydrogen-bond donors (Lipinski definition) is 4. The highest BCUT2D eigenvalue weighted by Crippen LogP contribution is 2.33. The van der Waals surface area contributed by atoms with Gasteiger partial charge >= 0.3 is 6.09 Å². The maximum Gasteiger partial charge on any atom is 0.407 e. The Bertz CT molecular complexity index is 1300. The lowest BCUT2D eigenvalue weighted by Crippen LogP contribution is -2.36. The molecule has 0 bridgehead atoms. The number of nitrogens with one attached hydrogen (secondary N) is 2.